The van der Waals surface area contributed by atoms with Crippen LogP contribution in [0.1, 0.15) is 47.4 Å². The van der Waals surface area contributed by atoms with Crippen LogP contribution in [0.3, 0.4) is 0 Å². The highest BCUT2D eigenvalue weighted by Gasteiger charge is 2.17. The van der Waals surface area contributed by atoms with E-state index >= 15 is 0 Å². The molecule has 0 radical (unpaired) electrons. The van der Waals surface area contributed by atoms with Crippen LogP contribution in [0.2, 0.25) is 0 Å². The summed E-state index contributed by atoms with van der Waals surface area (Å²) < 4.78 is 1.83. The lowest BCUT2D eigenvalue weighted by Crippen LogP contribution is -2.28. The lowest BCUT2D eigenvalue weighted by Gasteiger charge is -2.19. The summed E-state index contributed by atoms with van der Waals surface area (Å²) in [6.45, 7) is 1.27. The van der Waals surface area contributed by atoms with E-state index in [0.717, 1.165) is 43.6 Å². The first-order valence-electron chi connectivity index (χ1n) is 10.5. The number of hydrogen-bond acceptors (Lipinski definition) is 4. The molecule has 4 rings (SSSR count). The van der Waals surface area contributed by atoms with Gasteiger partial charge < -0.3 is 4.90 Å². The van der Waals surface area contributed by atoms with E-state index in [1.54, 1.807) is 41.9 Å². The maximum Gasteiger partial charge on any atom is 0.261 e. The highest BCUT2D eigenvalue weighted by Crippen LogP contribution is 2.19. The summed E-state index contributed by atoms with van der Waals surface area (Å²) in [5.41, 5.74) is 2.28. The molecule has 2 heterocycles. The summed E-state index contributed by atoms with van der Waals surface area (Å²) in [7, 11) is 1.80. The lowest BCUT2D eigenvalue weighted by atomic mass is 10.1. The van der Waals surface area contributed by atoms with Crippen LogP contribution in [0.4, 0.5) is 0 Å². The van der Waals surface area contributed by atoms with Gasteiger partial charge in [0.05, 0.1) is 10.9 Å². The van der Waals surface area contributed by atoms with E-state index in [1.165, 1.54) is 11.3 Å². The monoisotopic (exact) mass is 421 g/mol. The van der Waals surface area contributed by atoms with Crippen molar-refractivity contribution >= 4 is 28.6 Å². The lowest BCUT2D eigenvalue weighted by molar-refractivity contribution is 0.0785. The van der Waals surface area contributed by atoms with Crippen molar-refractivity contribution in [2.45, 2.75) is 50.1 Å². The minimum absolute atomic E-state index is 0.0122. The maximum atomic E-state index is 13.0. The van der Waals surface area contributed by atoms with Crippen molar-refractivity contribution in [3.8, 4) is 0 Å². The number of nitrogens with zero attached hydrogens (tertiary/aromatic N) is 3. The van der Waals surface area contributed by atoms with E-state index in [1.807, 2.05) is 10.8 Å². The number of carbonyl (C=O) groups excluding carboxylic acids is 1. The Morgan fingerprint density at radius 3 is 2.63 bits per heavy atom. The molecule has 5 nitrogen and oxygen atoms in total. The number of hydrogen-bond donors (Lipinski definition) is 0. The summed E-state index contributed by atoms with van der Waals surface area (Å²) in [4.78, 5) is 33.7. The summed E-state index contributed by atoms with van der Waals surface area (Å²) in [6, 6.07) is 13.5. The van der Waals surface area contributed by atoms with Crippen LogP contribution in [0.25, 0.3) is 10.9 Å². The number of aryl methyl sites for hydroxylation is 1. The van der Waals surface area contributed by atoms with Crippen LogP contribution in [0.15, 0.2) is 52.2 Å². The molecular formula is C24H27N3O2S. The number of amides is 1. The first kappa shape index (κ1) is 20.7. The van der Waals surface area contributed by atoms with Crippen LogP contribution in [-0.4, -0.2) is 33.7 Å². The quantitative estimate of drug-likeness (QED) is 0.582. The molecule has 0 bridgehead atoms. The number of aromatic nitrogens is 2. The van der Waals surface area contributed by atoms with Crippen molar-refractivity contribution in [2.24, 2.45) is 0 Å². The molecule has 0 N–H and O–H groups in total. The van der Waals surface area contributed by atoms with E-state index in [2.05, 4.69) is 24.3 Å². The Bertz CT molecular complexity index is 1120. The van der Waals surface area contributed by atoms with Crippen LogP contribution >= 0.6 is 11.8 Å². The largest absolute Gasteiger partial charge is 0.337 e. The van der Waals surface area contributed by atoms with E-state index in [-0.39, 0.29) is 11.5 Å². The molecule has 156 valence electrons. The summed E-state index contributed by atoms with van der Waals surface area (Å²) >= 11 is 1.70. The maximum absolute atomic E-state index is 13.0. The molecule has 1 aromatic heterocycles. The number of thioether (sulfide) groups is 1. The zero-order chi connectivity index (χ0) is 21.1. The van der Waals surface area contributed by atoms with Crippen molar-refractivity contribution in [3.05, 3.63) is 69.8 Å². The van der Waals surface area contributed by atoms with Gasteiger partial charge in [-0.1, -0.05) is 25.0 Å². The smallest absolute Gasteiger partial charge is 0.261 e. The summed E-state index contributed by atoms with van der Waals surface area (Å²) in [6.07, 6.45) is 7.26. The molecule has 30 heavy (non-hydrogen) atoms. The third-order valence-corrected chi connectivity index (χ3v) is 6.48. The third-order valence-electron chi connectivity index (χ3n) is 5.74. The third kappa shape index (κ3) is 4.29. The van der Waals surface area contributed by atoms with Crippen molar-refractivity contribution in [1.29, 1.82) is 0 Å². The van der Waals surface area contributed by atoms with Gasteiger partial charge >= 0.3 is 0 Å². The Labute approximate surface area is 181 Å². The van der Waals surface area contributed by atoms with Gasteiger partial charge in [0.15, 0.2) is 0 Å². The fourth-order valence-electron chi connectivity index (χ4n) is 4.03. The van der Waals surface area contributed by atoms with Crippen LogP contribution in [-0.2, 0) is 19.5 Å². The molecule has 2 aromatic carbocycles. The van der Waals surface area contributed by atoms with E-state index in [0.29, 0.717) is 23.0 Å². The highest BCUT2D eigenvalue weighted by molar-refractivity contribution is 7.98. The predicted octanol–water partition coefficient (Wildman–Crippen LogP) is 4.51. The summed E-state index contributed by atoms with van der Waals surface area (Å²) in [5.74, 6) is 0.776. The minimum atomic E-state index is -0.0699. The number of fused-ring (bicyclic) bond motifs is 2. The van der Waals surface area contributed by atoms with Gasteiger partial charge in [0.25, 0.3) is 11.5 Å². The van der Waals surface area contributed by atoms with Crippen molar-refractivity contribution in [1.82, 2.24) is 14.5 Å². The highest BCUT2D eigenvalue weighted by atomic mass is 32.2. The standard InChI is InChI=1S/C24H27N3O2S/c1-26(16-17-8-11-19(30-2)12-9-17)23(28)18-10-13-20-21(15-18)25-22-7-5-3-4-6-14-27(22)24(20)29/h8-13,15H,3-7,14,16H2,1-2H3. The molecule has 1 aliphatic rings. The Kier molecular flexibility index (Phi) is 6.23. The Hall–Kier alpha value is -2.60. The Balaban J connectivity index is 1.60. The topological polar surface area (TPSA) is 55.2 Å². The molecule has 0 fully saturated rings. The van der Waals surface area contributed by atoms with Gasteiger partial charge in [0.2, 0.25) is 0 Å². The molecule has 0 saturated heterocycles. The molecule has 0 unspecified atom stereocenters. The van der Waals surface area contributed by atoms with Crippen LogP contribution < -0.4 is 5.56 Å². The average Bonchev–Trinajstić information content (AvgIpc) is 2.74. The molecule has 3 aromatic rings. The SMILES string of the molecule is CSc1ccc(CN(C)C(=O)c2ccc3c(=O)n4c(nc3c2)CCCCCC4)cc1. The second-order valence-electron chi connectivity index (χ2n) is 7.89. The molecule has 0 aliphatic carbocycles. The Morgan fingerprint density at radius 2 is 1.87 bits per heavy atom. The first-order valence-corrected chi connectivity index (χ1v) is 11.7. The second kappa shape index (κ2) is 9.04. The van der Waals surface area contributed by atoms with Gasteiger partial charge in [0, 0.05) is 37.0 Å². The van der Waals surface area contributed by atoms with Gasteiger partial charge in [-0.3, -0.25) is 14.2 Å². The normalized spacial score (nSPS) is 14.1. The van der Waals surface area contributed by atoms with Crippen molar-refractivity contribution in [3.63, 3.8) is 0 Å². The van der Waals surface area contributed by atoms with E-state index in [9.17, 15) is 9.59 Å². The van der Waals surface area contributed by atoms with Gasteiger partial charge in [-0.2, -0.15) is 0 Å². The molecule has 1 amide bonds. The van der Waals surface area contributed by atoms with Gasteiger partial charge in [-0.05, 0) is 55.0 Å². The zero-order valence-corrected chi connectivity index (χ0v) is 18.4. The minimum Gasteiger partial charge on any atom is -0.337 e. The molecular weight excluding hydrogens is 394 g/mol. The molecule has 1 aliphatic heterocycles. The van der Waals surface area contributed by atoms with Gasteiger partial charge in [0.1, 0.15) is 5.82 Å². The second-order valence-corrected chi connectivity index (χ2v) is 8.77. The van der Waals surface area contributed by atoms with Crippen LogP contribution in [0.5, 0.6) is 0 Å². The molecule has 0 saturated carbocycles. The molecule has 6 heteroatoms. The van der Waals surface area contributed by atoms with Gasteiger partial charge in [-0.25, -0.2) is 4.98 Å². The number of rotatable bonds is 4. The predicted molar refractivity (Wildman–Crippen MR) is 122 cm³/mol. The fraction of sp³-hybridized carbons (Fsp3) is 0.375. The molecule has 0 spiro atoms. The zero-order valence-electron chi connectivity index (χ0n) is 17.6. The number of carbonyl (C=O) groups is 1. The van der Waals surface area contributed by atoms with E-state index < -0.39 is 0 Å². The van der Waals surface area contributed by atoms with E-state index in [4.69, 9.17) is 4.98 Å². The van der Waals surface area contributed by atoms with Gasteiger partial charge in [-0.15, -0.1) is 11.8 Å². The number of benzene rings is 2. The van der Waals surface area contributed by atoms with Crippen molar-refractivity contribution < 1.29 is 4.79 Å². The van der Waals surface area contributed by atoms with Crippen LogP contribution in [0, 0.1) is 0 Å². The first-order chi connectivity index (χ1) is 14.6. The Morgan fingerprint density at radius 1 is 1.10 bits per heavy atom. The summed E-state index contributed by atoms with van der Waals surface area (Å²) in [5, 5.41) is 0.589. The fourth-order valence-corrected chi connectivity index (χ4v) is 4.43. The van der Waals surface area contributed by atoms with Crippen molar-refractivity contribution in [2.75, 3.05) is 13.3 Å². The molecule has 0 atom stereocenters. The average molecular weight is 422 g/mol.